The van der Waals surface area contributed by atoms with Crippen molar-refractivity contribution >= 4 is 27.1 Å². The fraction of sp³-hybridized carbons (Fsp3) is 0.333. The summed E-state index contributed by atoms with van der Waals surface area (Å²) in [7, 11) is -2.08. The molecule has 0 atom stereocenters. The number of hydrogen-bond donors (Lipinski definition) is 0. The summed E-state index contributed by atoms with van der Waals surface area (Å²) in [5, 5.41) is 0. The van der Waals surface area contributed by atoms with Crippen molar-refractivity contribution in [1.29, 1.82) is 0 Å². The zero-order valence-corrected chi connectivity index (χ0v) is 17.8. The van der Waals surface area contributed by atoms with Crippen LogP contribution < -0.4 is 15.2 Å². The summed E-state index contributed by atoms with van der Waals surface area (Å²) in [6, 6.07) is 10.9. The highest BCUT2D eigenvalue weighted by Gasteiger charge is 2.28. The van der Waals surface area contributed by atoms with Crippen LogP contribution in [0.1, 0.15) is 19.3 Å². The SMILES string of the molecule is COc1ccc(OC(=O)CCn2c(=O)oc3cc(S(=O)(=O)N4CCCC4)ccc32)cc1. The van der Waals surface area contributed by atoms with Gasteiger partial charge >= 0.3 is 11.7 Å². The number of aromatic nitrogens is 1. The summed E-state index contributed by atoms with van der Waals surface area (Å²) in [6.45, 7) is 1.02. The van der Waals surface area contributed by atoms with E-state index in [9.17, 15) is 18.0 Å². The lowest BCUT2D eigenvalue weighted by molar-refractivity contribution is -0.134. The van der Waals surface area contributed by atoms with E-state index in [1.54, 1.807) is 31.4 Å². The number of oxazole rings is 1. The van der Waals surface area contributed by atoms with Gasteiger partial charge in [-0.05, 0) is 49.2 Å². The highest BCUT2D eigenvalue weighted by molar-refractivity contribution is 7.89. The molecule has 3 aromatic rings. The number of carbonyl (C=O) groups is 1. The summed E-state index contributed by atoms with van der Waals surface area (Å²) in [5.74, 6) is -0.170. The summed E-state index contributed by atoms with van der Waals surface area (Å²) < 4.78 is 43.7. The molecule has 0 aliphatic carbocycles. The zero-order valence-electron chi connectivity index (χ0n) is 16.9. The van der Waals surface area contributed by atoms with Crippen LogP contribution in [0.2, 0.25) is 0 Å². The van der Waals surface area contributed by atoms with Crippen LogP contribution in [0.25, 0.3) is 11.1 Å². The van der Waals surface area contributed by atoms with Gasteiger partial charge in [-0.1, -0.05) is 0 Å². The average Bonchev–Trinajstić information content (AvgIpc) is 3.40. The first-order valence-electron chi connectivity index (χ1n) is 9.87. The van der Waals surface area contributed by atoms with Gasteiger partial charge in [-0.25, -0.2) is 13.2 Å². The second-order valence-corrected chi connectivity index (χ2v) is 9.10. The van der Waals surface area contributed by atoms with Crippen LogP contribution in [-0.4, -0.2) is 43.5 Å². The number of nitrogens with zero attached hydrogens (tertiary/aromatic N) is 2. The van der Waals surface area contributed by atoms with Crippen LogP contribution in [0.4, 0.5) is 0 Å². The predicted octanol–water partition coefficient (Wildman–Crippen LogP) is 2.38. The van der Waals surface area contributed by atoms with Gasteiger partial charge in [0, 0.05) is 25.7 Å². The molecular formula is C21H22N2O7S. The second-order valence-electron chi connectivity index (χ2n) is 7.16. The molecule has 164 valence electrons. The molecule has 1 aliphatic rings. The van der Waals surface area contributed by atoms with Gasteiger partial charge in [0.05, 0.1) is 23.9 Å². The van der Waals surface area contributed by atoms with Gasteiger partial charge in [0.2, 0.25) is 10.0 Å². The third-order valence-corrected chi connectivity index (χ3v) is 7.07. The third-order valence-electron chi connectivity index (χ3n) is 5.17. The molecule has 1 saturated heterocycles. The van der Waals surface area contributed by atoms with E-state index >= 15 is 0 Å². The Balaban J connectivity index is 1.48. The Morgan fingerprint density at radius 2 is 1.74 bits per heavy atom. The Labute approximate surface area is 178 Å². The lowest BCUT2D eigenvalue weighted by Gasteiger charge is -2.15. The number of ether oxygens (including phenoxy) is 2. The van der Waals surface area contributed by atoms with Gasteiger partial charge in [0.25, 0.3) is 0 Å². The van der Waals surface area contributed by atoms with Crippen LogP contribution >= 0.6 is 0 Å². The molecule has 1 fully saturated rings. The van der Waals surface area contributed by atoms with E-state index in [4.69, 9.17) is 13.9 Å². The van der Waals surface area contributed by atoms with Crippen molar-refractivity contribution in [3.63, 3.8) is 0 Å². The first kappa shape index (κ1) is 21.1. The molecule has 10 heteroatoms. The fourth-order valence-electron chi connectivity index (χ4n) is 3.53. The van der Waals surface area contributed by atoms with Gasteiger partial charge in [-0.3, -0.25) is 9.36 Å². The zero-order chi connectivity index (χ0) is 22.0. The van der Waals surface area contributed by atoms with Gasteiger partial charge in [-0.2, -0.15) is 4.31 Å². The molecule has 1 aliphatic heterocycles. The van der Waals surface area contributed by atoms with E-state index in [1.165, 1.54) is 27.1 Å². The molecule has 0 bridgehead atoms. The van der Waals surface area contributed by atoms with Crippen molar-refractivity contribution in [1.82, 2.24) is 8.87 Å². The maximum atomic E-state index is 12.7. The molecule has 9 nitrogen and oxygen atoms in total. The van der Waals surface area contributed by atoms with Crippen molar-refractivity contribution < 1.29 is 27.1 Å². The Morgan fingerprint density at radius 3 is 2.42 bits per heavy atom. The van der Waals surface area contributed by atoms with Gasteiger partial charge in [-0.15, -0.1) is 0 Å². The van der Waals surface area contributed by atoms with Crippen molar-refractivity contribution in [3.05, 3.63) is 53.0 Å². The standard InChI is InChI=1S/C21H22N2O7S/c1-28-15-4-6-16(7-5-15)29-20(24)10-13-23-18-9-8-17(14-19(18)30-21(23)25)31(26,27)22-11-2-3-12-22/h4-9,14H,2-3,10-13H2,1H3. The van der Waals surface area contributed by atoms with Crippen LogP contribution in [-0.2, 0) is 21.4 Å². The van der Waals surface area contributed by atoms with Gasteiger partial charge in [0.15, 0.2) is 5.58 Å². The van der Waals surface area contributed by atoms with E-state index in [0.29, 0.717) is 30.1 Å². The normalized spacial score (nSPS) is 14.7. The van der Waals surface area contributed by atoms with E-state index in [2.05, 4.69) is 0 Å². The minimum absolute atomic E-state index is 0.0407. The Bertz CT molecular complexity index is 1250. The molecule has 2 aromatic carbocycles. The molecule has 0 amide bonds. The predicted molar refractivity (Wildman–Crippen MR) is 112 cm³/mol. The van der Waals surface area contributed by atoms with Crippen LogP contribution in [0, 0.1) is 0 Å². The van der Waals surface area contributed by atoms with Gasteiger partial charge < -0.3 is 13.9 Å². The van der Waals surface area contributed by atoms with E-state index in [1.807, 2.05) is 0 Å². The number of hydrogen-bond acceptors (Lipinski definition) is 7. The number of carbonyl (C=O) groups excluding carboxylic acids is 1. The van der Waals surface area contributed by atoms with E-state index in [0.717, 1.165) is 12.8 Å². The lowest BCUT2D eigenvalue weighted by Crippen LogP contribution is -2.27. The fourth-order valence-corrected chi connectivity index (χ4v) is 5.06. The number of methoxy groups -OCH3 is 1. The second kappa shape index (κ2) is 8.56. The van der Waals surface area contributed by atoms with E-state index < -0.39 is 21.7 Å². The maximum Gasteiger partial charge on any atom is 0.419 e. The van der Waals surface area contributed by atoms with Gasteiger partial charge in [0.1, 0.15) is 11.5 Å². The summed E-state index contributed by atoms with van der Waals surface area (Å²) in [5.41, 5.74) is 0.580. The maximum absolute atomic E-state index is 12.7. The van der Waals surface area contributed by atoms with Crippen molar-refractivity contribution in [3.8, 4) is 11.5 Å². The molecule has 0 N–H and O–H groups in total. The molecule has 0 radical (unpaired) electrons. The average molecular weight is 446 g/mol. The Morgan fingerprint density at radius 1 is 1.06 bits per heavy atom. The number of aryl methyl sites for hydroxylation is 1. The highest BCUT2D eigenvalue weighted by atomic mass is 32.2. The number of fused-ring (bicyclic) bond motifs is 1. The van der Waals surface area contributed by atoms with Crippen molar-refractivity contribution in [2.24, 2.45) is 0 Å². The molecular weight excluding hydrogens is 424 g/mol. The van der Waals surface area contributed by atoms with Crippen molar-refractivity contribution in [2.45, 2.75) is 30.7 Å². The summed E-state index contributed by atoms with van der Waals surface area (Å²) in [4.78, 5) is 24.5. The van der Waals surface area contributed by atoms with Crippen LogP contribution in [0.3, 0.4) is 0 Å². The molecule has 4 rings (SSSR count). The van der Waals surface area contributed by atoms with E-state index in [-0.39, 0.29) is 23.4 Å². The first-order valence-corrected chi connectivity index (χ1v) is 11.3. The number of esters is 1. The lowest BCUT2D eigenvalue weighted by atomic mass is 10.3. The monoisotopic (exact) mass is 446 g/mol. The molecule has 0 unspecified atom stereocenters. The highest BCUT2D eigenvalue weighted by Crippen LogP contribution is 2.24. The number of benzene rings is 2. The molecule has 0 saturated carbocycles. The minimum Gasteiger partial charge on any atom is -0.497 e. The van der Waals surface area contributed by atoms with Crippen LogP contribution in [0.15, 0.2) is 56.6 Å². The summed E-state index contributed by atoms with van der Waals surface area (Å²) >= 11 is 0. The minimum atomic E-state index is -3.62. The number of sulfonamides is 1. The summed E-state index contributed by atoms with van der Waals surface area (Å²) in [6.07, 6.45) is 1.60. The first-order chi connectivity index (χ1) is 14.9. The molecule has 31 heavy (non-hydrogen) atoms. The smallest absolute Gasteiger partial charge is 0.419 e. The number of rotatable bonds is 7. The Hall–Kier alpha value is -3.11. The Kier molecular flexibility index (Phi) is 5.84. The molecule has 2 heterocycles. The quantitative estimate of drug-likeness (QED) is 0.405. The van der Waals surface area contributed by atoms with Crippen LogP contribution in [0.5, 0.6) is 11.5 Å². The molecule has 1 aromatic heterocycles. The van der Waals surface area contributed by atoms with Crippen molar-refractivity contribution in [2.75, 3.05) is 20.2 Å². The topological polar surface area (TPSA) is 108 Å². The third kappa shape index (κ3) is 4.35. The molecule has 0 spiro atoms. The largest absolute Gasteiger partial charge is 0.497 e.